The van der Waals surface area contributed by atoms with E-state index in [0.717, 1.165) is 14.3 Å². The second-order valence-corrected chi connectivity index (χ2v) is 10.8. The third-order valence-corrected chi connectivity index (χ3v) is 7.89. The van der Waals surface area contributed by atoms with Crippen molar-refractivity contribution in [2.24, 2.45) is 0 Å². The molecule has 0 radical (unpaired) electrons. The van der Waals surface area contributed by atoms with Crippen LogP contribution in [0.15, 0.2) is 80.7 Å². The molecular weight excluding hydrogens is 522 g/mol. The van der Waals surface area contributed by atoms with Gasteiger partial charge in [0.1, 0.15) is 0 Å². The maximum atomic E-state index is 13.5. The number of benzene rings is 2. The Hall–Kier alpha value is -3.11. The number of hydrogen-bond acceptors (Lipinski definition) is 5. The zero-order valence-electron chi connectivity index (χ0n) is 18.6. The van der Waals surface area contributed by atoms with Gasteiger partial charge in [-0.2, -0.15) is 0 Å². The highest BCUT2D eigenvalue weighted by Gasteiger charge is 2.35. The molecule has 4 rings (SSSR count). The first-order valence-corrected chi connectivity index (χ1v) is 12.9. The molecule has 178 valence electrons. The second kappa shape index (κ2) is 10.0. The fraction of sp³-hybridized carbons (Fsp3) is 0.250. The van der Waals surface area contributed by atoms with Crippen LogP contribution >= 0.6 is 15.9 Å². The molecule has 34 heavy (non-hydrogen) atoms. The Morgan fingerprint density at radius 1 is 0.941 bits per heavy atom. The maximum Gasteiger partial charge on any atom is 0.334 e. The zero-order valence-corrected chi connectivity index (χ0v) is 21.0. The van der Waals surface area contributed by atoms with Crippen LogP contribution in [0.5, 0.6) is 0 Å². The average Bonchev–Trinajstić information content (AvgIpc) is 3.38. The summed E-state index contributed by atoms with van der Waals surface area (Å²) in [4.78, 5) is 29.1. The number of furan rings is 1. The van der Waals surface area contributed by atoms with Gasteiger partial charge in [-0.25, -0.2) is 17.5 Å². The summed E-state index contributed by atoms with van der Waals surface area (Å²) in [5, 5.41) is 0. The normalized spacial score (nSPS) is 14.2. The second-order valence-electron chi connectivity index (χ2n) is 7.99. The van der Waals surface area contributed by atoms with Gasteiger partial charge in [0, 0.05) is 30.7 Å². The Balaban J connectivity index is 1.56. The van der Waals surface area contributed by atoms with Crippen LogP contribution in [0.25, 0.3) is 0 Å². The number of halogens is 1. The van der Waals surface area contributed by atoms with Crippen molar-refractivity contribution in [1.29, 1.82) is 0 Å². The van der Waals surface area contributed by atoms with Crippen molar-refractivity contribution in [2.45, 2.75) is 18.4 Å². The van der Waals surface area contributed by atoms with Crippen molar-refractivity contribution in [2.75, 3.05) is 26.2 Å². The average molecular weight is 546 g/mol. The lowest BCUT2D eigenvalue weighted by atomic mass is 10.2. The summed E-state index contributed by atoms with van der Waals surface area (Å²) in [6, 6.07) is 16.2. The first-order chi connectivity index (χ1) is 16.3. The van der Waals surface area contributed by atoms with Crippen molar-refractivity contribution in [3.05, 3.63) is 88.3 Å². The molecule has 3 amide bonds. The van der Waals surface area contributed by atoms with Gasteiger partial charge < -0.3 is 14.2 Å². The number of carbonyl (C=O) groups is 2. The predicted molar refractivity (Wildman–Crippen MR) is 130 cm³/mol. The van der Waals surface area contributed by atoms with Gasteiger partial charge in [0.2, 0.25) is 0 Å². The van der Waals surface area contributed by atoms with E-state index in [2.05, 4.69) is 15.9 Å². The highest BCUT2D eigenvalue weighted by molar-refractivity contribution is 9.10. The molecule has 1 fully saturated rings. The van der Waals surface area contributed by atoms with E-state index in [4.69, 9.17) is 4.42 Å². The molecule has 0 N–H and O–H groups in total. The molecule has 1 aliphatic rings. The Labute approximate surface area is 206 Å². The van der Waals surface area contributed by atoms with Crippen LogP contribution in [-0.2, 0) is 16.6 Å². The summed E-state index contributed by atoms with van der Waals surface area (Å²) in [5.41, 5.74) is 1.60. The molecule has 0 saturated carbocycles. The number of hydrogen-bond donors (Lipinski definition) is 0. The smallest absolute Gasteiger partial charge is 0.334 e. The number of aryl methyl sites for hydroxylation is 1. The number of sulfonamides is 1. The van der Waals surface area contributed by atoms with E-state index in [9.17, 15) is 18.0 Å². The minimum Gasteiger partial charge on any atom is -0.459 e. The zero-order chi connectivity index (χ0) is 24.3. The van der Waals surface area contributed by atoms with E-state index in [-0.39, 0.29) is 49.3 Å². The van der Waals surface area contributed by atoms with Crippen LogP contribution in [0.3, 0.4) is 0 Å². The molecule has 3 aromatic rings. The number of amides is 3. The van der Waals surface area contributed by atoms with Crippen LogP contribution in [-0.4, -0.2) is 60.6 Å². The van der Waals surface area contributed by atoms with Crippen LogP contribution < -0.4 is 0 Å². The van der Waals surface area contributed by atoms with Crippen LogP contribution in [0.1, 0.15) is 21.7 Å². The van der Waals surface area contributed by atoms with Crippen molar-refractivity contribution < 1.29 is 22.4 Å². The lowest BCUT2D eigenvalue weighted by molar-refractivity contribution is 0.0623. The Morgan fingerprint density at radius 3 is 2.15 bits per heavy atom. The minimum absolute atomic E-state index is 0.0511. The van der Waals surface area contributed by atoms with Crippen molar-refractivity contribution in [3.63, 3.8) is 0 Å². The highest BCUT2D eigenvalue weighted by Crippen LogP contribution is 2.23. The van der Waals surface area contributed by atoms with Gasteiger partial charge >= 0.3 is 6.03 Å². The fourth-order valence-corrected chi connectivity index (χ4v) is 5.30. The summed E-state index contributed by atoms with van der Waals surface area (Å²) in [6.45, 7) is 2.75. The van der Waals surface area contributed by atoms with Crippen LogP contribution in [0.4, 0.5) is 4.79 Å². The number of rotatable bonds is 5. The molecule has 8 nitrogen and oxygen atoms in total. The van der Waals surface area contributed by atoms with Gasteiger partial charge in [0.25, 0.3) is 15.9 Å². The molecule has 2 aromatic carbocycles. The lowest BCUT2D eigenvalue weighted by Gasteiger charge is -2.37. The lowest BCUT2D eigenvalue weighted by Crippen LogP contribution is -2.54. The maximum absolute atomic E-state index is 13.5. The van der Waals surface area contributed by atoms with E-state index in [1.165, 1.54) is 23.3 Å². The van der Waals surface area contributed by atoms with E-state index in [0.29, 0.717) is 5.56 Å². The molecule has 0 atom stereocenters. The van der Waals surface area contributed by atoms with Crippen LogP contribution in [0.2, 0.25) is 0 Å². The standard InChI is InChI=1S/C24H24BrN3O5S/c1-18-4-10-21(11-5-18)34(31,32)28(17-19-6-8-20(25)9-7-19)24(30)27-14-12-26(13-15-27)23(29)22-3-2-16-33-22/h2-11,16H,12-15,17H2,1H3. The van der Waals surface area contributed by atoms with Gasteiger partial charge in [-0.3, -0.25) is 4.79 Å². The monoisotopic (exact) mass is 545 g/mol. The summed E-state index contributed by atoms with van der Waals surface area (Å²) in [5.74, 6) is -0.0188. The minimum atomic E-state index is -4.11. The third-order valence-electron chi connectivity index (χ3n) is 5.63. The van der Waals surface area contributed by atoms with Crippen molar-refractivity contribution in [1.82, 2.24) is 14.1 Å². The quantitative estimate of drug-likeness (QED) is 0.480. The molecule has 1 aliphatic heterocycles. The van der Waals surface area contributed by atoms with Crippen molar-refractivity contribution >= 4 is 37.9 Å². The third kappa shape index (κ3) is 5.18. The topological polar surface area (TPSA) is 91.1 Å². The van der Waals surface area contributed by atoms with E-state index in [1.807, 2.05) is 6.92 Å². The molecule has 10 heteroatoms. The summed E-state index contributed by atoms with van der Waals surface area (Å²) < 4.78 is 34.0. The fourth-order valence-electron chi connectivity index (χ4n) is 3.66. The number of carbonyl (C=O) groups excluding carboxylic acids is 2. The van der Waals surface area contributed by atoms with Gasteiger partial charge in [-0.1, -0.05) is 45.8 Å². The first-order valence-electron chi connectivity index (χ1n) is 10.7. The summed E-state index contributed by atoms with van der Waals surface area (Å²) >= 11 is 3.37. The van der Waals surface area contributed by atoms with Gasteiger partial charge in [-0.05, 0) is 48.9 Å². The Kier molecular flexibility index (Phi) is 7.08. The van der Waals surface area contributed by atoms with E-state index < -0.39 is 16.1 Å². The van der Waals surface area contributed by atoms with E-state index in [1.54, 1.807) is 53.4 Å². The number of nitrogens with zero attached hydrogens (tertiary/aromatic N) is 3. The molecule has 0 unspecified atom stereocenters. The predicted octanol–water partition coefficient (Wildman–Crippen LogP) is 4.12. The number of urea groups is 1. The Bertz CT molecular complexity index is 1250. The van der Waals surface area contributed by atoms with Crippen molar-refractivity contribution in [3.8, 4) is 0 Å². The van der Waals surface area contributed by atoms with Crippen LogP contribution in [0, 0.1) is 6.92 Å². The summed E-state index contributed by atoms with van der Waals surface area (Å²) in [7, 11) is -4.11. The molecular formula is C24H24BrN3O5S. The first kappa shape index (κ1) is 24.0. The molecule has 0 bridgehead atoms. The Morgan fingerprint density at radius 2 is 1.56 bits per heavy atom. The summed E-state index contributed by atoms with van der Waals surface area (Å²) in [6.07, 6.45) is 1.43. The van der Waals surface area contributed by atoms with Gasteiger partial charge in [0.15, 0.2) is 5.76 Å². The number of piperazine rings is 1. The van der Waals surface area contributed by atoms with Gasteiger partial charge in [-0.15, -0.1) is 0 Å². The highest BCUT2D eigenvalue weighted by atomic mass is 79.9. The molecule has 2 heterocycles. The van der Waals surface area contributed by atoms with Gasteiger partial charge in [0.05, 0.1) is 17.7 Å². The molecule has 0 aliphatic carbocycles. The molecule has 1 aromatic heterocycles. The van der Waals surface area contributed by atoms with E-state index >= 15 is 0 Å². The SMILES string of the molecule is Cc1ccc(S(=O)(=O)N(Cc2ccc(Br)cc2)C(=O)N2CCN(C(=O)c3ccco3)CC2)cc1. The largest absolute Gasteiger partial charge is 0.459 e. The molecule has 1 saturated heterocycles. The molecule has 0 spiro atoms.